The third-order valence-corrected chi connectivity index (χ3v) is 4.26. The summed E-state index contributed by atoms with van der Waals surface area (Å²) in [5.74, 6) is 0.888. The molecule has 0 saturated heterocycles. The maximum Gasteiger partial charge on any atom is 0.342 e. The van der Waals surface area contributed by atoms with Crippen molar-refractivity contribution in [2.45, 2.75) is 51.6 Å². The topological polar surface area (TPSA) is 61.8 Å². The number of cyclic esters (lactones) is 1. The molecule has 1 aromatic rings. The Balaban J connectivity index is 2.39. The summed E-state index contributed by atoms with van der Waals surface area (Å²) in [5, 5.41) is 0. The van der Waals surface area contributed by atoms with E-state index in [1.54, 1.807) is 19.2 Å². The number of ether oxygens (including phenoxy) is 3. The Hall–Kier alpha value is -2.30. The number of rotatable bonds is 2. The number of carbonyl (C=O) groups excluding carboxylic acids is 2. The van der Waals surface area contributed by atoms with Crippen LogP contribution >= 0.6 is 0 Å². The first-order valence-corrected chi connectivity index (χ1v) is 8.70. The van der Waals surface area contributed by atoms with E-state index in [0.717, 1.165) is 19.3 Å². The molecular formula is C20H26O5. The minimum absolute atomic E-state index is 0.258. The summed E-state index contributed by atoms with van der Waals surface area (Å²) < 4.78 is 16.2. The summed E-state index contributed by atoms with van der Waals surface area (Å²) >= 11 is 0. The summed E-state index contributed by atoms with van der Waals surface area (Å²) in [6, 6.07) is 3.47. The molecule has 1 atom stereocenters. The molecule has 0 saturated carbocycles. The van der Waals surface area contributed by atoms with Crippen molar-refractivity contribution in [2.24, 2.45) is 0 Å². The largest absolute Gasteiger partial charge is 0.497 e. The zero-order chi connectivity index (χ0) is 18.2. The molecular weight excluding hydrogens is 320 g/mol. The van der Waals surface area contributed by atoms with Gasteiger partial charge in [0.05, 0.1) is 20.3 Å². The molecule has 1 aromatic carbocycles. The van der Waals surface area contributed by atoms with E-state index in [4.69, 9.17) is 14.2 Å². The second kappa shape index (κ2) is 9.25. The smallest absolute Gasteiger partial charge is 0.342 e. The van der Waals surface area contributed by atoms with E-state index in [1.165, 1.54) is 7.11 Å². The highest BCUT2D eigenvalue weighted by atomic mass is 16.5. The SMILES string of the molecule is COc1cc2c(c(OC)c1)C(=O)OC(C)CCCC(=O)CCCC=C2. The quantitative estimate of drug-likeness (QED) is 0.752. The van der Waals surface area contributed by atoms with E-state index < -0.39 is 5.97 Å². The molecule has 0 spiro atoms. The molecule has 0 fully saturated rings. The van der Waals surface area contributed by atoms with Crippen molar-refractivity contribution in [1.29, 1.82) is 0 Å². The van der Waals surface area contributed by atoms with Gasteiger partial charge < -0.3 is 14.2 Å². The van der Waals surface area contributed by atoms with Gasteiger partial charge in [-0.25, -0.2) is 4.79 Å². The first kappa shape index (κ1) is 19.0. The fourth-order valence-electron chi connectivity index (χ4n) is 2.88. The van der Waals surface area contributed by atoms with Gasteiger partial charge in [-0.05, 0) is 44.2 Å². The molecule has 0 aliphatic carbocycles. The number of ketones is 1. The van der Waals surface area contributed by atoms with Crippen LogP contribution in [0, 0.1) is 0 Å². The average molecular weight is 346 g/mol. The first-order valence-electron chi connectivity index (χ1n) is 8.70. The summed E-state index contributed by atoms with van der Waals surface area (Å²) in [5.41, 5.74) is 1.09. The molecule has 0 N–H and O–H groups in total. The molecule has 0 radical (unpaired) electrons. The molecule has 0 amide bonds. The van der Waals surface area contributed by atoms with Gasteiger partial charge in [-0.1, -0.05) is 12.2 Å². The van der Waals surface area contributed by atoms with Crippen molar-refractivity contribution in [3.05, 3.63) is 29.3 Å². The zero-order valence-corrected chi connectivity index (χ0v) is 15.2. The maximum absolute atomic E-state index is 12.7. The first-order chi connectivity index (χ1) is 12.0. The number of benzene rings is 1. The molecule has 0 aromatic heterocycles. The third kappa shape index (κ3) is 5.34. The summed E-state index contributed by atoms with van der Waals surface area (Å²) in [6.07, 6.45) is 7.69. The lowest BCUT2D eigenvalue weighted by atomic mass is 10.0. The number of esters is 1. The van der Waals surface area contributed by atoms with Gasteiger partial charge in [0.1, 0.15) is 22.8 Å². The molecule has 1 aliphatic rings. The van der Waals surface area contributed by atoms with E-state index in [9.17, 15) is 9.59 Å². The molecule has 0 bridgehead atoms. The average Bonchev–Trinajstić information content (AvgIpc) is 2.59. The van der Waals surface area contributed by atoms with Crippen molar-refractivity contribution in [1.82, 2.24) is 0 Å². The number of Topliss-reactive ketones (excluding diaryl/α,β-unsaturated/α-hetero) is 1. The molecule has 5 nitrogen and oxygen atoms in total. The van der Waals surface area contributed by atoms with Gasteiger partial charge in [0.25, 0.3) is 0 Å². The third-order valence-electron chi connectivity index (χ3n) is 4.26. The van der Waals surface area contributed by atoms with Crippen LogP contribution in [0.4, 0.5) is 0 Å². The van der Waals surface area contributed by atoms with E-state index in [0.29, 0.717) is 41.9 Å². The minimum Gasteiger partial charge on any atom is -0.497 e. The number of hydrogen-bond acceptors (Lipinski definition) is 5. The molecule has 1 unspecified atom stereocenters. The molecule has 1 heterocycles. The van der Waals surface area contributed by atoms with Gasteiger partial charge in [-0.3, -0.25) is 4.79 Å². The van der Waals surface area contributed by atoms with Crippen LogP contribution in [-0.2, 0) is 9.53 Å². The van der Waals surface area contributed by atoms with Crippen molar-refractivity contribution in [3.63, 3.8) is 0 Å². The van der Waals surface area contributed by atoms with Crippen LogP contribution in [0.1, 0.15) is 61.4 Å². The van der Waals surface area contributed by atoms with Crippen molar-refractivity contribution in [2.75, 3.05) is 14.2 Å². The van der Waals surface area contributed by atoms with Crippen LogP contribution in [-0.4, -0.2) is 32.1 Å². The lowest BCUT2D eigenvalue weighted by Gasteiger charge is -2.17. The van der Waals surface area contributed by atoms with Gasteiger partial charge in [0.15, 0.2) is 0 Å². The predicted molar refractivity (Wildman–Crippen MR) is 96.2 cm³/mol. The molecule has 1 aliphatic heterocycles. The normalized spacial score (nSPS) is 19.6. The van der Waals surface area contributed by atoms with Crippen LogP contribution < -0.4 is 9.47 Å². The van der Waals surface area contributed by atoms with Gasteiger partial charge in [0.2, 0.25) is 0 Å². The second-order valence-electron chi connectivity index (χ2n) is 6.24. The van der Waals surface area contributed by atoms with E-state index in [1.807, 2.05) is 19.1 Å². The Labute approximate surface area is 149 Å². The Morgan fingerprint density at radius 1 is 1.08 bits per heavy atom. The van der Waals surface area contributed by atoms with Crippen molar-refractivity contribution < 1.29 is 23.8 Å². The molecule has 5 heteroatoms. The number of hydrogen-bond donors (Lipinski definition) is 0. The summed E-state index contributed by atoms with van der Waals surface area (Å²) in [7, 11) is 3.09. The fourth-order valence-corrected chi connectivity index (χ4v) is 2.88. The van der Waals surface area contributed by atoms with E-state index >= 15 is 0 Å². The molecule has 136 valence electrons. The van der Waals surface area contributed by atoms with Crippen LogP contribution in [0.3, 0.4) is 0 Å². The van der Waals surface area contributed by atoms with E-state index in [-0.39, 0.29) is 11.9 Å². The van der Waals surface area contributed by atoms with Gasteiger partial charge in [-0.2, -0.15) is 0 Å². The Morgan fingerprint density at radius 3 is 2.56 bits per heavy atom. The number of allylic oxidation sites excluding steroid dienone is 1. The molecule has 25 heavy (non-hydrogen) atoms. The predicted octanol–water partition coefficient (Wildman–Crippen LogP) is 4.19. The Bertz CT molecular complexity index is 648. The van der Waals surface area contributed by atoms with Gasteiger partial charge >= 0.3 is 5.97 Å². The highest BCUT2D eigenvalue weighted by Crippen LogP contribution is 2.31. The standard InChI is InChI=1S/C20H26O5/c1-14-8-7-11-16(21)10-6-4-5-9-15-12-17(23-2)13-18(24-3)19(15)20(22)25-14/h5,9,12-14H,4,6-8,10-11H2,1-3H3. The van der Waals surface area contributed by atoms with Crippen LogP contribution in [0.2, 0.25) is 0 Å². The van der Waals surface area contributed by atoms with Gasteiger partial charge in [0, 0.05) is 18.9 Å². The van der Waals surface area contributed by atoms with Crippen LogP contribution in [0.25, 0.3) is 6.08 Å². The zero-order valence-electron chi connectivity index (χ0n) is 15.2. The number of fused-ring (bicyclic) bond motifs is 1. The van der Waals surface area contributed by atoms with Crippen molar-refractivity contribution in [3.8, 4) is 11.5 Å². The Morgan fingerprint density at radius 2 is 1.84 bits per heavy atom. The monoisotopic (exact) mass is 346 g/mol. The second-order valence-corrected chi connectivity index (χ2v) is 6.24. The highest BCUT2D eigenvalue weighted by molar-refractivity contribution is 5.97. The minimum atomic E-state index is -0.421. The summed E-state index contributed by atoms with van der Waals surface area (Å²) in [6.45, 7) is 1.85. The lowest BCUT2D eigenvalue weighted by Crippen LogP contribution is -2.17. The van der Waals surface area contributed by atoms with Gasteiger partial charge in [-0.15, -0.1) is 0 Å². The lowest BCUT2D eigenvalue weighted by molar-refractivity contribution is -0.119. The van der Waals surface area contributed by atoms with E-state index in [2.05, 4.69) is 0 Å². The van der Waals surface area contributed by atoms with Crippen LogP contribution in [0.5, 0.6) is 11.5 Å². The Kier molecular flexibility index (Phi) is 7.04. The van der Waals surface area contributed by atoms with Crippen LogP contribution in [0.15, 0.2) is 18.2 Å². The fraction of sp³-hybridized carbons (Fsp3) is 0.500. The highest BCUT2D eigenvalue weighted by Gasteiger charge is 2.21. The van der Waals surface area contributed by atoms with Crippen molar-refractivity contribution >= 4 is 17.8 Å². The molecule has 2 rings (SSSR count). The number of carbonyl (C=O) groups is 2. The maximum atomic E-state index is 12.7. The number of methoxy groups -OCH3 is 2. The summed E-state index contributed by atoms with van der Waals surface area (Å²) in [4.78, 5) is 24.5.